The van der Waals surface area contributed by atoms with Crippen molar-refractivity contribution in [3.05, 3.63) is 90.3 Å². The molecule has 2 unspecified atom stereocenters. The van der Waals surface area contributed by atoms with E-state index in [-0.39, 0.29) is 31.1 Å². The molecule has 2 atom stereocenters. The second-order valence-electron chi connectivity index (χ2n) is 8.89. The highest BCUT2D eigenvalue weighted by Gasteiger charge is 2.29. The minimum Gasteiger partial charge on any atom is -0.465 e. The normalized spacial score (nSPS) is 12.7. The van der Waals surface area contributed by atoms with Crippen molar-refractivity contribution >= 4 is 11.9 Å². The topological polar surface area (TPSA) is 77.5 Å². The molecule has 1 aromatic heterocycles. The van der Waals surface area contributed by atoms with Crippen molar-refractivity contribution in [1.82, 2.24) is 10.3 Å². The molecule has 0 aliphatic rings. The third-order valence-electron chi connectivity index (χ3n) is 5.58. The van der Waals surface area contributed by atoms with E-state index < -0.39 is 12.1 Å². The second-order valence-corrected chi connectivity index (χ2v) is 8.89. The lowest BCUT2D eigenvalue weighted by Crippen LogP contribution is -2.50. The Morgan fingerprint density at radius 2 is 1.54 bits per heavy atom. The predicted molar refractivity (Wildman–Crippen MR) is 136 cm³/mol. The maximum Gasteiger partial charge on any atom is 0.323 e. The number of carbonyl (C=O) groups excluding carboxylic acids is 2. The van der Waals surface area contributed by atoms with Gasteiger partial charge in [0.1, 0.15) is 18.7 Å². The van der Waals surface area contributed by atoms with Crippen molar-refractivity contribution in [1.29, 1.82) is 0 Å². The van der Waals surface area contributed by atoms with E-state index >= 15 is 0 Å². The summed E-state index contributed by atoms with van der Waals surface area (Å²) in [6, 6.07) is 20.1. The number of aromatic nitrogens is 1. The number of ether oxygens (including phenoxy) is 2. The number of rotatable bonds is 12. The number of nitrogens with zero attached hydrogens (tertiary/aromatic N) is 1. The van der Waals surface area contributed by atoms with Crippen molar-refractivity contribution in [3.63, 3.8) is 0 Å². The minimum absolute atomic E-state index is 0.190. The number of hydrogen-bond acceptors (Lipinski definition) is 6. The number of hydrogen-bond donors (Lipinski definition) is 1. The maximum absolute atomic E-state index is 13.0. The van der Waals surface area contributed by atoms with Gasteiger partial charge in [-0.1, -0.05) is 74.5 Å². The Hall–Kier alpha value is -3.51. The lowest BCUT2D eigenvalue weighted by atomic mass is 9.99. The summed E-state index contributed by atoms with van der Waals surface area (Å²) in [5.74, 6) is -0.518. The van der Waals surface area contributed by atoms with E-state index in [2.05, 4.69) is 10.3 Å². The third-order valence-corrected chi connectivity index (χ3v) is 5.58. The first-order chi connectivity index (χ1) is 17.0. The molecule has 0 spiro atoms. The van der Waals surface area contributed by atoms with Crippen molar-refractivity contribution in [2.75, 3.05) is 6.61 Å². The van der Waals surface area contributed by atoms with Crippen LogP contribution in [0, 0.1) is 5.92 Å². The van der Waals surface area contributed by atoms with Crippen LogP contribution in [-0.4, -0.2) is 35.6 Å². The highest BCUT2D eigenvalue weighted by Crippen LogP contribution is 2.19. The molecule has 6 heteroatoms. The molecular weight excluding hydrogens is 440 g/mol. The number of pyridine rings is 1. The fraction of sp³-hybridized carbons (Fsp3) is 0.345. The summed E-state index contributed by atoms with van der Waals surface area (Å²) in [5.41, 5.74) is 3.95. The van der Waals surface area contributed by atoms with Gasteiger partial charge in [0.05, 0.1) is 6.61 Å². The van der Waals surface area contributed by atoms with E-state index in [0.29, 0.717) is 12.8 Å². The first-order valence-corrected chi connectivity index (χ1v) is 12.1. The van der Waals surface area contributed by atoms with Gasteiger partial charge in [0.2, 0.25) is 0 Å². The van der Waals surface area contributed by atoms with Gasteiger partial charge >= 0.3 is 11.9 Å². The summed E-state index contributed by atoms with van der Waals surface area (Å²) in [6.45, 7) is 6.31. The van der Waals surface area contributed by atoms with Gasteiger partial charge in [-0.15, -0.1) is 0 Å². The van der Waals surface area contributed by atoms with E-state index in [1.54, 1.807) is 13.1 Å². The zero-order valence-electron chi connectivity index (χ0n) is 20.6. The molecule has 0 aliphatic carbocycles. The Morgan fingerprint density at radius 3 is 2.17 bits per heavy atom. The van der Waals surface area contributed by atoms with E-state index in [1.165, 1.54) is 0 Å². The fourth-order valence-electron chi connectivity index (χ4n) is 3.83. The summed E-state index contributed by atoms with van der Waals surface area (Å²) in [7, 11) is 0. The molecule has 1 heterocycles. The van der Waals surface area contributed by atoms with Gasteiger partial charge in [0.15, 0.2) is 0 Å². The zero-order valence-corrected chi connectivity index (χ0v) is 20.6. The van der Waals surface area contributed by atoms with Gasteiger partial charge in [0, 0.05) is 12.4 Å². The van der Waals surface area contributed by atoms with Crippen LogP contribution in [-0.2, 0) is 32.1 Å². The van der Waals surface area contributed by atoms with E-state index in [4.69, 9.17) is 9.47 Å². The molecular formula is C29H34N2O4. The Morgan fingerprint density at radius 1 is 0.829 bits per heavy atom. The lowest BCUT2D eigenvalue weighted by molar-refractivity contribution is -0.150. The van der Waals surface area contributed by atoms with Crippen LogP contribution in [0.2, 0.25) is 0 Å². The third kappa shape index (κ3) is 8.34. The fourth-order valence-corrected chi connectivity index (χ4v) is 3.83. The summed E-state index contributed by atoms with van der Waals surface area (Å²) in [5, 5.41) is 3.24. The summed E-state index contributed by atoms with van der Waals surface area (Å²) >= 11 is 0. The van der Waals surface area contributed by atoms with Crippen LogP contribution < -0.4 is 5.32 Å². The highest BCUT2D eigenvalue weighted by molar-refractivity contribution is 5.80. The highest BCUT2D eigenvalue weighted by atomic mass is 16.5. The van der Waals surface area contributed by atoms with E-state index in [0.717, 1.165) is 22.3 Å². The van der Waals surface area contributed by atoms with Crippen molar-refractivity contribution in [2.45, 2.75) is 52.3 Å². The monoisotopic (exact) mass is 474 g/mol. The van der Waals surface area contributed by atoms with Gasteiger partial charge in [-0.05, 0) is 54.0 Å². The molecule has 0 saturated carbocycles. The molecule has 3 rings (SSSR count). The summed E-state index contributed by atoms with van der Waals surface area (Å²) < 4.78 is 10.9. The minimum atomic E-state index is -0.674. The molecule has 6 nitrogen and oxygen atoms in total. The Kier molecular flexibility index (Phi) is 9.99. The molecule has 184 valence electrons. The average molecular weight is 475 g/mol. The standard InChI is InChI=1S/C29H34N2O4/c1-4-34-28(32)27(18-22-12-14-24(15-13-22)25-11-8-16-30-19-25)31-26(17-21(2)3)29(33)35-20-23-9-6-5-7-10-23/h5-16,19,21,26-27,31H,4,17-18,20H2,1-3H3. The predicted octanol–water partition coefficient (Wildman–Crippen LogP) is 4.97. The molecule has 1 N–H and O–H groups in total. The zero-order chi connectivity index (χ0) is 25.0. The molecule has 3 aromatic rings. The van der Waals surface area contributed by atoms with Crippen LogP contribution in [0.1, 0.15) is 38.3 Å². The quantitative estimate of drug-likeness (QED) is 0.374. The van der Waals surface area contributed by atoms with Crippen molar-refractivity contribution in [3.8, 4) is 11.1 Å². The van der Waals surface area contributed by atoms with Gasteiger partial charge in [-0.3, -0.25) is 19.9 Å². The number of benzene rings is 2. The number of nitrogens with one attached hydrogen (secondary N) is 1. The lowest BCUT2D eigenvalue weighted by Gasteiger charge is -2.25. The average Bonchev–Trinajstić information content (AvgIpc) is 2.88. The van der Waals surface area contributed by atoms with Gasteiger partial charge in [-0.25, -0.2) is 0 Å². The van der Waals surface area contributed by atoms with Crippen LogP contribution in [0.3, 0.4) is 0 Å². The number of carbonyl (C=O) groups is 2. The van der Waals surface area contributed by atoms with Gasteiger partial charge < -0.3 is 9.47 Å². The number of esters is 2. The Labute approximate surface area is 207 Å². The van der Waals surface area contributed by atoms with Gasteiger partial charge in [0.25, 0.3) is 0 Å². The second kappa shape index (κ2) is 13.4. The van der Waals surface area contributed by atoms with Crippen LogP contribution >= 0.6 is 0 Å². The molecule has 2 aromatic carbocycles. The van der Waals surface area contributed by atoms with Crippen molar-refractivity contribution < 1.29 is 19.1 Å². The van der Waals surface area contributed by atoms with Crippen LogP contribution in [0.15, 0.2) is 79.1 Å². The molecule has 0 amide bonds. The maximum atomic E-state index is 13.0. The van der Waals surface area contributed by atoms with Crippen LogP contribution in [0.25, 0.3) is 11.1 Å². The molecule has 0 bridgehead atoms. The first kappa shape index (κ1) is 26.1. The molecule has 0 fully saturated rings. The molecule has 0 aliphatic heterocycles. The summed E-state index contributed by atoms with van der Waals surface area (Å²) in [4.78, 5) is 30.0. The van der Waals surface area contributed by atoms with E-state index in [9.17, 15) is 9.59 Å². The molecule has 0 saturated heterocycles. The van der Waals surface area contributed by atoms with E-state index in [1.807, 2.05) is 86.8 Å². The largest absolute Gasteiger partial charge is 0.465 e. The van der Waals surface area contributed by atoms with Crippen molar-refractivity contribution in [2.24, 2.45) is 5.92 Å². The Balaban J connectivity index is 1.72. The Bertz CT molecular complexity index is 1050. The summed E-state index contributed by atoms with van der Waals surface area (Å²) in [6.07, 6.45) is 4.50. The van der Waals surface area contributed by atoms with Crippen LogP contribution in [0.5, 0.6) is 0 Å². The van der Waals surface area contributed by atoms with Crippen LogP contribution in [0.4, 0.5) is 0 Å². The molecule has 0 radical (unpaired) electrons. The first-order valence-electron chi connectivity index (χ1n) is 12.1. The SMILES string of the molecule is CCOC(=O)C(Cc1ccc(-c2cccnc2)cc1)NC(CC(C)C)C(=O)OCc1ccccc1. The van der Waals surface area contributed by atoms with Gasteiger partial charge in [-0.2, -0.15) is 0 Å². The molecule has 35 heavy (non-hydrogen) atoms. The smallest absolute Gasteiger partial charge is 0.323 e.